The summed E-state index contributed by atoms with van der Waals surface area (Å²) in [6.45, 7) is 4.21. The molecule has 0 amide bonds. The molecule has 0 fully saturated rings. The first-order chi connectivity index (χ1) is 67.8. The van der Waals surface area contributed by atoms with Crippen LogP contribution in [0.2, 0.25) is 0 Å². The van der Waals surface area contributed by atoms with Crippen molar-refractivity contribution in [1.82, 2.24) is 14.5 Å². The smallest absolute Gasteiger partial charge is 0.248 e. The Morgan fingerprint density at radius 1 is 0.374 bits per heavy atom. The number of aryl methyl sites for hydroxylation is 2. The number of isocyanates is 1. The van der Waals surface area contributed by atoms with E-state index in [1.165, 1.54) is 16.7 Å². The average Bonchev–Trinajstić information content (AvgIpc) is 1.61. The molecule has 0 spiro atoms. The van der Waals surface area contributed by atoms with E-state index in [1.54, 1.807) is 0 Å². The minimum Gasteiger partial charge on any atom is -1.00 e. The molecule has 0 aliphatic heterocycles. The zero-order chi connectivity index (χ0) is 96.1. The van der Waals surface area contributed by atoms with E-state index in [0.717, 1.165) is 188 Å². The Balaban J connectivity index is 0.000000163. The molecule has 1 atom stereocenters. The molecule has 0 radical (unpaired) electrons. The first-order valence-electron chi connectivity index (χ1n) is 44.8. The van der Waals surface area contributed by atoms with Crippen LogP contribution in [0.1, 0.15) is 85.2 Å². The van der Waals surface area contributed by atoms with Crippen LogP contribution in [-0.2, 0) is 87.0 Å². The predicted octanol–water partition coefficient (Wildman–Crippen LogP) is 25.1. The van der Waals surface area contributed by atoms with Gasteiger partial charge < -0.3 is 69.8 Å². The maximum absolute atomic E-state index is 10.5. The third kappa shape index (κ3) is 32.4. The molecule has 0 aliphatic carbocycles. The van der Waals surface area contributed by atoms with Crippen molar-refractivity contribution >= 4 is 101 Å². The summed E-state index contributed by atoms with van der Waals surface area (Å²) in [4.78, 5) is 15.8. The maximum atomic E-state index is 10.5. The summed E-state index contributed by atoms with van der Waals surface area (Å²) in [5.41, 5.74) is 22.6. The number of rotatable bonds is 35. The fraction of sp³-hybridized carbons (Fsp3) is 0.147. The number of aromatic nitrogens is 3. The first kappa shape index (κ1) is 104. The van der Waals surface area contributed by atoms with E-state index in [2.05, 4.69) is 126 Å². The van der Waals surface area contributed by atoms with Crippen LogP contribution in [0.25, 0.3) is 66.5 Å². The molecule has 3 heterocycles. The van der Waals surface area contributed by atoms with Crippen molar-refractivity contribution in [2.24, 2.45) is 4.40 Å². The Bertz CT molecular complexity index is 6870. The Labute approximate surface area is 842 Å². The highest BCUT2D eigenvalue weighted by molar-refractivity contribution is 9.08. The zero-order valence-electron chi connectivity index (χ0n) is 76.1. The lowest BCUT2D eigenvalue weighted by atomic mass is 10.1. The summed E-state index contributed by atoms with van der Waals surface area (Å²) in [5, 5.41) is 32.9. The Morgan fingerprint density at radius 3 is 1.13 bits per heavy atom. The van der Waals surface area contributed by atoms with E-state index < -0.39 is 11.3 Å². The molecule has 0 bridgehead atoms. The van der Waals surface area contributed by atoms with Gasteiger partial charge in [0.2, 0.25) is 6.08 Å². The summed E-state index contributed by atoms with van der Waals surface area (Å²) in [6.07, 6.45) is 5.02. The number of nitriles is 2. The molecular formula is C116H101BrCl4N6O11S-2. The molecule has 3 N–H and O–H groups in total. The highest BCUT2D eigenvalue weighted by Gasteiger charge is 2.22. The van der Waals surface area contributed by atoms with Gasteiger partial charge in [0.15, 0.2) is 0 Å². The third-order valence-corrected chi connectivity index (χ3v) is 23.4. The lowest BCUT2D eigenvalue weighted by Crippen LogP contribution is -3.00. The fourth-order valence-corrected chi connectivity index (χ4v) is 15.5. The van der Waals surface area contributed by atoms with Crippen molar-refractivity contribution in [1.29, 1.82) is 10.5 Å². The number of hydrogen-bond acceptors (Lipinski definition) is 13. The van der Waals surface area contributed by atoms with E-state index in [-0.39, 0.29) is 19.0 Å². The fourth-order valence-electron chi connectivity index (χ4n) is 14.8. The highest BCUT2D eigenvalue weighted by atomic mass is 79.9. The van der Waals surface area contributed by atoms with Crippen molar-refractivity contribution < 1.29 is 64.2 Å². The minimum atomic E-state index is -2.61. The minimum absolute atomic E-state index is 0. The number of alkyl halides is 4. The molecule has 0 aliphatic rings. The van der Waals surface area contributed by atoms with Crippen molar-refractivity contribution in [2.75, 3.05) is 24.2 Å². The van der Waals surface area contributed by atoms with Crippen molar-refractivity contribution in [3.05, 3.63) is 461 Å². The molecule has 15 aromatic carbocycles. The number of aromatic amines is 2. The number of H-pyrrole nitrogens is 2. The number of carbonyl (C=O) groups excluding carboxylic acids is 1. The van der Waals surface area contributed by atoms with Crippen LogP contribution < -0.4 is 45.6 Å². The monoisotopic (exact) mass is 2000 g/mol. The van der Waals surface area contributed by atoms with Gasteiger partial charge in [-0.15, -0.1) is 39.2 Å². The van der Waals surface area contributed by atoms with Gasteiger partial charge in [-0.2, -0.15) is 10.5 Å². The number of ether oxygens (including phenoxy) is 7. The second-order valence-electron chi connectivity index (χ2n) is 31.5. The molecular weight excluding hydrogens is 1910 g/mol. The van der Waals surface area contributed by atoms with Gasteiger partial charge in [0.05, 0.1) is 51.8 Å². The van der Waals surface area contributed by atoms with E-state index in [1.807, 2.05) is 309 Å². The second kappa shape index (κ2) is 56.3. The maximum Gasteiger partial charge on any atom is 0.248 e. The third-order valence-electron chi connectivity index (χ3n) is 21.8. The van der Waals surface area contributed by atoms with E-state index in [0.29, 0.717) is 81.4 Å². The lowest BCUT2D eigenvalue weighted by molar-refractivity contribution is -0.0000340. The number of halogens is 5. The number of aliphatic hydroxyl groups is 1. The average molecular weight is 2010 g/mol. The standard InChI is InChI=1S/C38H31ClN2O3.C29H22N2O2.C28H23NO2.C10H12BrCl.C10H13ClO.CHNO3S.ClH/c39-21-22-42-32-15-11-28(12-16-32)25-41-37-20-19-34(44-27-30-9-5-2-6-10-30)23-35(37)36(24-40)38(41)31-13-17-33(18-14-31)43-26-29-7-3-1-4-8-29;30-18-27-26-17-25(33-20-22-9-5-2-6-10-22)15-16-28(26)31-29(27)23-11-13-24(14-12-23)32-19-21-7-3-1-4-8-21;1-3-7-21(8-4-1)19-30-25-13-11-23(12-14-25)28-18-24-17-26(15-16-27(24)29-28)31-20-22-9-5-2-6-10-22;11-8-10-5-3-9(4-6-10)2-1-7-12;11-7-1-2-9-3-5-10(8-12)6-4-9;3-1-2-6(4)5;/h1-20,23H,21-22,25-27H2;1-17,31H,19-20H2;1-18,29H,19-20H2;3-6H,1-2,7-8H2;3-6,12H,1-2,7-8H2;(H,4,5);1H/p-2. The molecule has 17 nitrogen and oxygen atoms in total. The Kier molecular flexibility index (Phi) is 41.9. The lowest BCUT2D eigenvalue weighted by Gasteiger charge is -2.13. The summed E-state index contributed by atoms with van der Waals surface area (Å²) >= 11 is 17.8. The van der Waals surface area contributed by atoms with Crippen LogP contribution in [0.3, 0.4) is 0 Å². The normalized spacial score (nSPS) is 10.6. The largest absolute Gasteiger partial charge is 1.00 e. The van der Waals surface area contributed by atoms with Crippen molar-refractivity contribution in [3.8, 4) is 86.2 Å². The number of nitrogens with one attached hydrogen (secondary N) is 2. The quantitative estimate of drug-likeness (QED) is 0.0145. The van der Waals surface area contributed by atoms with Gasteiger partial charge in [-0.05, 0) is 249 Å². The van der Waals surface area contributed by atoms with Gasteiger partial charge in [-0.1, -0.05) is 259 Å². The van der Waals surface area contributed by atoms with Crippen molar-refractivity contribution in [2.45, 2.75) is 83.8 Å². The zero-order valence-corrected chi connectivity index (χ0v) is 81.5. The molecule has 18 aromatic rings. The molecule has 704 valence electrons. The van der Waals surface area contributed by atoms with Gasteiger partial charge in [0.1, 0.15) is 98.6 Å². The van der Waals surface area contributed by atoms with Crippen LogP contribution >= 0.6 is 50.7 Å². The molecule has 18 rings (SSSR count). The van der Waals surface area contributed by atoms with Crippen LogP contribution in [0, 0.1) is 22.7 Å². The second-order valence-corrected chi connectivity index (χ2v) is 33.8. The van der Waals surface area contributed by atoms with E-state index in [4.69, 9.17) is 77.9 Å². The van der Waals surface area contributed by atoms with Gasteiger partial charge in [0.25, 0.3) is 0 Å². The molecule has 1 unspecified atom stereocenters. The van der Waals surface area contributed by atoms with Gasteiger partial charge in [0, 0.05) is 56.5 Å². The van der Waals surface area contributed by atoms with E-state index >= 15 is 0 Å². The van der Waals surface area contributed by atoms with Crippen molar-refractivity contribution in [3.63, 3.8) is 0 Å². The van der Waals surface area contributed by atoms with Gasteiger partial charge in [-0.3, -0.25) is 0 Å². The molecule has 0 saturated carbocycles. The molecule has 3 aromatic heterocycles. The molecule has 139 heavy (non-hydrogen) atoms. The van der Waals surface area contributed by atoms with Crippen LogP contribution in [0.4, 0.5) is 0 Å². The Morgan fingerprint density at radius 2 is 0.734 bits per heavy atom. The van der Waals surface area contributed by atoms with Crippen LogP contribution in [0.15, 0.2) is 393 Å². The van der Waals surface area contributed by atoms with Gasteiger partial charge >= 0.3 is 0 Å². The highest BCUT2D eigenvalue weighted by Crippen LogP contribution is 2.39. The predicted molar refractivity (Wildman–Crippen MR) is 557 cm³/mol. The summed E-state index contributed by atoms with van der Waals surface area (Å²) < 4.78 is 64.3. The van der Waals surface area contributed by atoms with E-state index in [9.17, 15) is 19.3 Å². The number of fused-ring (bicyclic) bond motifs is 3. The first-order valence-corrected chi connectivity index (χ1v) is 48.6. The van der Waals surface area contributed by atoms with Gasteiger partial charge in [-0.25, -0.2) is 9.00 Å². The van der Waals surface area contributed by atoms with Crippen LogP contribution in [-0.4, -0.2) is 58.7 Å². The number of benzene rings is 15. The summed E-state index contributed by atoms with van der Waals surface area (Å²) in [5.74, 6) is 7.40. The number of nitrogens with zero attached hydrogens (tertiary/aromatic N) is 4. The topological polar surface area (TPSA) is 238 Å². The summed E-state index contributed by atoms with van der Waals surface area (Å²) in [7, 11) is 0. The van der Waals surface area contributed by atoms with Crippen LogP contribution in [0.5, 0.6) is 40.2 Å². The SMILES string of the molecule is ClCCCc1ccc(CBr)cc1.N#Cc1c(-c2ccc(OCc3ccccc3)cc2)[nH]c2ccc(OCc3ccccc3)cc12.N#Cc1c(-c2ccc(OCc3ccccc3)cc2)n(Cc2ccc(OCCCl)cc2)c2ccc(OCc3ccccc3)cc12.O=C=NS(=O)[O-].OCc1ccc(CCCCl)cc1.[Cl-].c1ccc(COc2ccc(-c3cc4cc(OCc5ccccc5)ccc4[nH]3)cc2)cc1. The number of hydrogen-bond donors (Lipinski definition) is 3. The Hall–Kier alpha value is -14.4. The molecule has 23 heteroatoms. The summed E-state index contributed by atoms with van der Waals surface area (Å²) in [6, 6.07) is 134. The number of aliphatic hydroxyl groups excluding tert-OH is 1. The molecule has 0 saturated heterocycles.